The summed E-state index contributed by atoms with van der Waals surface area (Å²) in [5.41, 5.74) is 9.22. The highest BCUT2D eigenvalue weighted by atomic mass is 15.0. The van der Waals surface area contributed by atoms with Gasteiger partial charge in [0.15, 0.2) is 17.5 Å². The summed E-state index contributed by atoms with van der Waals surface area (Å²) in [6.45, 7) is 0. The lowest BCUT2D eigenvalue weighted by molar-refractivity contribution is 1.07. The Kier molecular flexibility index (Phi) is 6.81. The third kappa shape index (κ3) is 5.31. The minimum atomic E-state index is 0.611. The molecule has 7 rings (SSSR count). The van der Waals surface area contributed by atoms with E-state index < -0.39 is 0 Å². The minimum absolute atomic E-state index is 0.611. The third-order valence-electron chi connectivity index (χ3n) is 7.12. The van der Waals surface area contributed by atoms with E-state index in [4.69, 9.17) is 15.0 Å². The fourth-order valence-corrected chi connectivity index (χ4v) is 4.95. The molecule has 0 N–H and O–H groups in total. The highest BCUT2D eigenvalue weighted by Crippen LogP contribution is 2.30. The van der Waals surface area contributed by atoms with Gasteiger partial charge in [0.05, 0.1) is 0 Å². The molecule has 3 heterocycles. The summed E-state index contributed by atoms with van der Waals surface area (Å²) >= 11 is 0. The van der Waals surface area contributed by atoms with E-state index in [1.54, 1.807) is 12.4 Å². The number of rotatable bonds is 6. The van der Waals surface area contributed by atoms with E-state index in [1.165, 1.54) is 5.56 Å². The Labute approximate surface area is 244 Å². The molecule has 7 aromatic rings. The largest absolute Gasteiger partial charge is 0.264 e. The molecule has 5 nitrogen and oxygen atoms in total. The minimum Gasteiger partial charge on any atom is -0.264 e. The smallest absolute Gasteiger partial charge is 0.164 e. The lowest BCUT2D eigenvalue weighted by Gasteiger charge is -2.11. The van der Waals surface area contributed by atoms with Gasteiger partial charge in [0.1, 0.15) is 0 Å². The number of aromatic nitrogens is 5. The second-order valence-electron chi connectivity index (χ2n) is 9.89. The maximum Gasteiger partial charge on any atom is 0.164 e. The van der Waals surface area contributed by atoms with Crippen molar-refractivity contribution in [3.8, 4) is 67.5 Å². The molecule has 0 bridgehead atoms. The molecule has 0 spiro atoms. The van der Waals surface area contributed by atoms with Gasteiger partial charge in [-0.2, -0.15) is 0 Å². The molecule has 0 aliphatic heterocycles. The average Bonchev–Trinajstić information content (AvgIpc) is 3.09. The number of pyridine rings is 2. The maximum absolute atomic E-state index is 4.98. The number of nitrogens with zero attached hydrogens (tertiary/aromatic N) is 5. The van der Waals surface area contributed by atoms with E-state index >= 15 is 0 Å². The summed E-state index contributed by atoms with van der Waals surface area (Å²) in [4.78, 5) is 23.5. The quantitative estimate of drug-likeness (QED) is 0.212. The molecule has 0 aliphatic rings. The highest BCUT2D eigenvalue weighted by Gasteiger charge is 2.14. The Hall–Kier alpha value is -5.81. The molecule has 198 valence electrons. The predicted octanol–water partition coefficient (Wildman–Crippen LogP) is 8.66. The van der Waals surface area contributed by atoms with Gasteiger partial charge in [-0.3, -0.25) is 9.97 Å². The van der Waals surface area contributed by atoms with Crippen molar-refractivity contribution < 1.29 is 0 Å². The predicted molar refractivity (Wildman–Crippen MR) is 168 cm³/mol. The first-order chi connectivity index (χ1) is 20.8. The Morgan fingerprint density at radius 1 is 0.286 bits per heavy atom. The van der Waals surface area contributed by atoms with E-state index in [2.05, 4.69) is 82.8 Å². The van der Waals surface area contributed by atoms with Crippen LogP contribution in [-0.2, 0) is 0 Å². The van der Waals surface area contributed by atoms with Crippen LogP contribution in [0, 0.1) is 0 Å². The first-order valence-electron chi connectivity index (χ1n) is 13.7. The maximum atomic E-state index is 4.98. The van der Waals surface area contributed by atoms with E-state index in [0.29, 0.717) is 17.5 Å². The van der Waals surface area contributed by atoms with Crippen LogP contribution in [0.5, 0.6) is 0 Å². The first kappa shape index (κ1) is 25.2. The summed E-state index contributed by atoms with van der Waals surface area (Å²) in [6.07, 6.45) is 7.28. The van der Waals surface area contributed by atoms with Crippen LogP contribution < -0.4 is 0 Å². The van der Waals surface area contributed by atoms with Gasteiger partial charge in [-0.1, -0.05) is 103 Å². The molecule has 0 unspecified atom stereocenters. The van der Waals surface area contributed by atoms with Crippen molar-refractivity contribution in [2.24, 2.45) is 0 Å². The molecule has 5 heteroatoms. The molecule has 0 fully saturated rings. The van der Waals surface area contributed by atoms with Crippen LogP contribution in [-0.4, -0.2) is 24.9 Å². The molecule has 0 radical (unpaired) electrons. The van der Waals surface area contributed by atoms with Crippen molar-refractivity contribution in [1.29, 1.82) is 0 Å². The molecule has 4 aromatic carbocycles. The SMILES string of the molecule is c1ccc(-c2ccc(-c3nc(-c4cccc(-c5cccnc5)c4)nc(-c4cccc(-c5cccnc5)c4)n3)cc2)cc1. The lowest BCUT2D eigenvalue weighted by Crippen LogP contribution is -2.00. The molecule has 0 aliphatic carbocycles. The molecule has 0 saturated heterocycles. The van der Waals surface area contributed by atoms with E-state index in [-0.39, 0.29) is 0 Å². The molecular weight excluding hydrogens is 514 g/mol. The van der Waals surface area contributed by atoms with Gasteiger partial charge in [-0.15, -0.1) is 0 Å². The van der Waals surface area contributed by atoms with Gasteiger partial charge in [0, 0.05) is 52.6 Å². The van der Waals surface area contributed by atoms with Crippen LogP contribution in [0.2, 0.25) is 0 Å². The first-order valence-corrected chi connectivity index (χ1v) is 13.7. The molecule has 0 saturated carbocycles. The van der Waals surface area contributed by atoms with Crippen LogP contribution in [0.15, 0.2) is 152 Å². The van der Waals surface area contributed by atoms with Crippen LogP contribution >= 0.6 is 0 Å². The Balaban J connectivity index is 1.35. The van der Waals surface area contributed by atoms with Gasteiger partial charge in [-0.25, -0.2) is 15.0 Å². The second-order valence-corrected chi connectivity index (χ2v) is 9.89. The summed E-state index contributed by atoms with van der Waals surface area (Å²) in [5, 5.41) is 0. The lowest BCUT2D eigenvalue weighted by atomic mass is 10.0. The van der Waals surface area contributed by atoms with Crippen LogP contribution in [0.25, 0.3) is 67.5 Å². The molecule has 0 atom stereocenters. The van der Waals surface area contributed by atoms with Crippen molar-refractivity contribution in [3.63, 3.8) is 0 Å². The summed E-state index contributed by atoms with van der Waals surface area (Å²) < 4.78 is 0. The Morgan fingerprint density at radius 2 is 0.690 bits per heavy atom. The Bertz CT molecular complexity index is 1860. The number of hydrogen-bond donors (Lipinski definition) is 0. The standard InChI is InChI=1S/C37H25N5/c1-2-8-26(9-3-1)27-16-18-28(19-17-27)35-40-36(31-12-4-10-29(22-31)33-14-6-20-38-24-33)42-37(41-35)32-13-5-11-30(23-32)34-15-7-21-39-25-34/h1-25H. The highest BCUT2D eigenvalue weighted by molar-refractivity contribution is 5.75. The fraction of sp³-hybridized carbons (Fsp3) is 0. The van der Waals surface area contributed by atoms with Crippen molar-refractivity contribution in [1.82, 2.24) is 24.9 Å². The van der Waals surface area contributed by atoms with Gasteiger partial charge in [0.2, 0.25) is 0 Å². The zero-order valence-corrected chi connectivity index (χ0v) is 22.7. The van der Waals surface area contributed by atoms with E-state index in [0.717, 1.165) is 44.5 Å². The molecular formula is C37H25N5. The zero-order chi connectivity index (χ0) is 28.1. The van der Waals surface area contributed by atoms with E-state index in [9.17, 15) is 0 Å². The summed E-state index contributed by atoms with van der Waals surface area (Å²) in [7, 11) is 0. The van der Waals surface area contributed by atoms with Crippen LogP contribution in [0.4, 0.5) is 0 Å². The normalized spacial score (nSPS) is 10.9. The summed E-state index contributed by atoms with van der Waals surface area (Å²) in [5.74, 6) is 1.84. The molecule has 0 amide bonds. The monoisotopic (exact) mass is 539 g/mol. The van der Waals surface area contributed by atoms with Gasteiger partial charge >= 0.3 is 0 Å². The van der Waals surface area contributed by atoms with Crippen molar-refractivity contribution in [2.75, 3.05) is 0 Å². The van der Waals surface area contributed by atoms with Gasteiger partial charge < -0.3 is 0 Å². The topological polar surface area (TPSA) is 64.5 Å². The number of benzene rings is 4. The van der Waals surface area contributed by atoms with Gasteiger partial charge in [0.25, 0.3) is 0 Å². The molecule has 42 heavy (non-hydrogen) atoms. The Morgan fingerprint density at radius 3 is 1.19 bits per heavy atom. The average molecular weight is 540 g/mol. The van der Waals surface area contributed by atoms with Crippen molar-refractivity contribution in [2.45, 2.75) is 0 Å². The summed E-state index contributed by atoms with van der Waals surface area (Å²) in [6, 6.07) is 43.2. The van der Waals surface area contributed by atoms with Crippen molar-refractivity contribution >= 4 is 0 Å². The van der Waals surface area contributed by atoms with Crippen LogP contribution in [0.3, 0.4) is 0 Å². The second kappa shape index (κ2) is 11.4. The fourth-order valence-electron chi connectivity index (χ4n) is 4.95. The third-order valence-corrected chi connectivity index (χ3v) is 7.12. The van der Waals surface area contributed by atoms with Gasteiger partial charge in [-0.05, 0) is 46.5 Å². The number of hydrogen-bond acceptors (Lipinski definition) is 5. The van der Waals surface area contributed by atoms with E-state index in [1.807, 2.05) is 67.0 Å². The zero-order valence-electron chi connectivity index (χ0n) is 22.7. The molecule has 3 aromatic heterocycles. The van der Waals surface area contributed by atoms with Crippen molar-refractivity contribution in [3.05, 3.63) is 152 Å². The van der Waals surface area contributed by atoms with Crippen LogP contribution in [0.1, 0.15) is 0 Å².